The Morgan fingerprint density at radius 2 is 1.75 bits per heavy atom. The van der Waals surface area contributed by atoms with Crippen LogP contribution in [0.4, 0.5) is 0 Å². The predicted octanol–water partition coefficient (Wildman–Crippen LogP) is 4.75. The lowest BCUT2D eigenvalue weighted by Gasteiger charge is -2.30. The lowest BCUT2D eigenvalue weighted by molar-refractivity contribution is -0.327. The van der Waals surface area contributed by atoms with Gasteiger partial charge in [0.1, 0.15) is 11.2 Å². The summed E-state index contributed by atoms with van der Waals surface area (Å²) in [5, 5.41) is 13.7. The molecule has 0 bridgehead atoms. The van der Waals surface area contributed by atoms with Gasteiger partial charge in [-0.1, -0.05) is 65.8 Å². The summed E-state index contributed by atoms with van der Waals surface area (Å²) in [4.78, 5) is 10.6. The summed E-state index contributed by atoms with van der Waals surface area (Å²) >= 11 is 0. The van der Waals surface area contributed by atoms with Gasteiger partial charge in [0.25, 0.3) is 0 Å². The molecule has 1 aliphatic rings. The quantitative estimate of drug-likeness (QED) is 0.615. The van der Waals surface area contributed by atoms with Crippen LogP contribution >= 0.6 is 0 Å². The molecule has 126 valence electrons. The first-order chi connectivity index (χ1) is 11.5. The summed E-state index contributed by atoms with van der Waals surface area (Å²) in [6, 6.07) is 19.8. The van der Waals surface area contributed by atoms with Crippen molar-refractivity contribution in [3.63, 3.8) is 0 Å². The molecule has 4 heteroatoms. The maximum atomic E-state index is 9.46. The van der Waals surface area contributed by atoms with Crippen LogP contribution in [0.3, 0.4) is 0 Å². The lowest BCUT2D eigenvalue weighted by Crippen LogP contribution is -2.31. The van der Waals surface area contributed by atoms with Crippen LogP contribution in [-0.2, 0) is 15.3 Å². The van der Waals surface area contributed by atoms with E-state index in [2.05, 4.69) is 12.1 Å². The van der Waals surface area contributed by atoms with Gasteiger partial charge in [-0.25, -0.2) is 4.89 Å². The van der Waals surface area contributed by atoms with Crippen molar-refractivity contribution in [3.8, 4) is 0 Å². The van der Waals surface area contributed by atoms with Crippen molar-refractivity contribution >= 4 is 5.71 Å². The van der Waals surface area contributed by atoms with E-state index in [1.54, 1.807) is 0 Å². The van der Waals surface area contributed by atoms with Crippen LogP contribution in [-0.4, -0.2) is 16.6 Å². The highest BCUT2D eigenvalue weighted by Crippen LogP contribution is 2.37. The summed E-state index contributed by atoms with van der Waals surface area (Å²) in [6.07, 6.45) is 2.09. The van der Waals surface area contributed by atoms with Gasteiger partial charge in [-0.2, -0.15) is 0 Å². The Kier molecular flexibility index (Phi) is 4.69. The molecule has 0 saturated heterocycles. The molecule has 4 nitrogen and oxygen atoms in total. The van der Waals surface area contributed by atoms with Gasteiger partial charge in [0, 0.05) is 6.42 Å². The molecule has 2 aromatic rings. The second-order valence-corrected chi connectivity index (χ2v) is 6.81. The minimum atomic E-state index is -0.761. The second-order valence-electron chi connectivity index (χ2n) is 6.81. The molecule has 3 rings (SSSR count). The van der Waals surface area contributed by atoms with E-state index in [1.807, 2.05) is 67.6 Å². The van der Waals surface area contributed by atoms with Crippen LogP contribution in [0.2, 0.25) is 0 Å². The van der Waals surface area contributed by atoms with Crippen molar-refractivity contribution in [3.05, 3.63) is 71.8 Å². The van der Waals surface area contributed by atoms with Gasteiger partial charge < -0.3 is 4.84 Å². The number of oxime groups is 1. The van der Waals surface area contributed by atoms with Crippen molar-refractivity contribution in [2.75, 3.05) is 0 Å². The normalized spacial score (nSPS) is 22.5. The van der Waals surface area contributed by atoms with Crippen molar-refractivity contribution < 1.29 is 15.0 Å². The van der Waals surface area contributed by atoms with Crippen LogP contribution in [0.5, 0.6) is 0 Å². The Labute approximate surface area is 142 Å². The zero-order valence-electron chi connectivity index (χ0n) is 14.1. The number of hydrogen-bond acceptors (Lipinski definition) is 4. The van der Waals surface area contributed by atoms with Crippen LogP contribution in [0, 0.1) is 0 Å². The Morgan fingerprint density at radius 3 is 2.38 bits per heavy atom. The van der Waals surface area contributed by atoms with Crippen molar-refractivity contribution in [1.29, 1.82) is 0 Å². The van der Waals surface area contributed by atoms with Crippen molar-refractivity contribution in [1.82, 2.24) is 0 Å². The van der Waals surface area contributed by atoms with E-state index in [4.69, 9.17) is 9.73 Å². The highest BCUT2D eigenvalue weighted by Gasteiger charge is 2.38. The zero-order chi connectivity index (χ0) is 17.0. The molecule has 2 aromatic carbocycles. The Bertz CT molecular complexity index is 701. The summed E-state index contributed by atoms with van der Waals surface area (Å²) in [5.74, 6) is 0. The minimum absolute atomic E-state index is 0.389. The number of nitrogens with zero attached hydrogens (tertiary/aromatic N) is 1. The number of hydrogen-bond donors (Lipinski definition) is 1. The van der Waals surface area contributed by atoms with Gasteiger partial charge in [0.05, 0.1) is 5.71 Å². The second kappa shape index (κ2) is 6.75. The molecule has 2 atom stereocenters. The first-order valence-electron chi connectivity index (χ1n) is 8.23. The van der Waals surface area contributed by atoms with Crippen LogP contribution in [0.1, 0.15) is 44.2 Å². The van der Waals surface area contributed by atoms with E-state index in [0.717, 1.165) is 29.7 Å². The van der Waals surface area contributed by atoms with Gasteiger partial charge in [0.15, 0.2) is 0 Å². The fraction of sp³-hybridized carbons (Fsp3) is 0.350. The first-order valence-corrected chi connectivity index (χ1v) is 8.23. The van der Waals surface area contributed by atoms with Crippen molar-refractivity contribution in [2.45, 2.75) is 44.3 Å². The molecule has 1 heterocycles. The molecule has 0 saturated carbocycles. The Hall–Kier alpha value is -2.17. The molecule has 24 heavy (non-hydrogen) atoms. The molecule has 0 radical (unpaired) electrons. The third-order valence-corrected chi connectivity index (χ3v) is 4.74. The average Bonchev–Trinajstić information content (AvgIpc) is 3.04. The van der Waals surface area contributed by atoms with Gasteiger partial charge in [-0.3, -0.25) is 5.26 Å². The number of rotatable bonds is 6. The molecule has 0 fully saturated rings. The monoisotopic (exact) mass is 325 g/mol. The minimum Gasteiger partial charge on any atom is -0.389 e. The third kappa shape index (κ3) is 3.50. The first kappa shape index (κ1) is 16.7. The summed E-state index contributed by atoms with van der Waals surface area (Å²) in [5.41, 5.74) is 1.84. The molecule has 2 unspecified atom stereocenters. The standard InChI is InChI=1S/C20H23NO3/c1-19(15-18(21-23-19)16-9-5-3-6-10-16)13-14-20(2,24-22)17-11-7-4-8-12-17/h3-12,22H,13-15H2,1-2H3. The van der Waals surface area contributed by atoms with Crippen molar-refractivity contribution in [2.24, 2.45) is 5.16 Å². The SMILES string of the molecule is CC1(CCC(C)(OO)c2ccccc2)CC(c2ccccc2)=NO1. The van der Waals surface area contributed by atoms with Gasteiger partial charge in [-0.05, 0) is 37.8 Å². The molecular formula is C20H23NO3. The van der Waals surface area contributed by atoms with Gasteiger partial charge in [0.2, 0.25) is 0 Å². The highest BCUT2D eigenvalue weighted by molar-refractivity contribution is 6.01. The fourth-order valence-corrected chi connectivity index (χ4v) is 3.04. The third-order valence-electron chi connectivity index (χ3n) is 4.74. The molecular weight excluding hydrogens is 302 g/mol. The molecule has 0 amide bonds. The van der Waals surface area contributed by atoms with Crippen LogP contribution < -0.4 is 0 Å². The van der Waals surface area contributed by atoms with E-state index in [0.29, 0.717) is 6.42 Å². The van der Waals surface area contributed by atoms with Crippen LogP contribution in [0.15, 0.2) is 65.8 Å². The highest BCUT2D eigenvalue weighted by atomic mass is 17.1. The zero-order valence-corrected chi connectivity index (χ0v) is 14.1. The summed E-state index contributed by atoms with van der Waals surface area (Å²) < 4.78 is 0. The van der Waals surface area contributed by atoms with E-state index in [-0.39, 0.29) is 5.60 Å². The smallest absolute Gasteiger partial charge is 0.140 e. The van der Waals surface area contributed by atoms with E-state index < -0.39 is 5.60 Å². The Balaban J connectivity index is 1.66. The lowest BCUT2D eigenvalue weighted by atomic mass is 9.84. The molecule has 1 aliphatic heterocycles. The maximum Gasteiger partial charge on any atom is 0.140 e. The number of benzene rings is 2. The van der Waals surface area contributed by atoms with E-state index >= 15 is 0 Å². The Morgan fingerprint density at radius 1 is 1.12 bits per heavy atom. The summed E-state index contributed by atoms with van der Waals surface area (Å²) in [6.45, 7) is 3.94. The predicted molar refractivity (Wildman–Crippen MR) is 93.8 cm³/mol. The maximum absolute atomic E-state index is 9.46. The summed E-state index contributed by atoms with van der Waals surface area (Å²) in [7, 11) is 0. The van der Waals surface area contributed by atoms with Gasteiger partial charge >= 0.3 is 0 Å². The van der Waals surface area contributed by atoms with E-state index in [1.165, 1.54) is 0 Å². The largest absolute Gasteiger partial charge is 0.389 e. The fourth-order valence-electron chi connectivity index (χ4n) is 3.04. The van der Waals surface area contributed by atoms with Gasteiger partial charge in [-0.15, -0.1) is 0 Å². The van der Waals surface area contributed by atoms with Crippen LogP contribution in [0.25, 0.3) is 0 Å². The molecule has 0 spiro atoms. The molecule has 0 aliphatic carbocycles. The van der Waals surface area contributed by atoms with E-state index in [9.17, 15) is 5.26 Å². The molecule has 0 aromatic heterocycles. The topological polar surface area (TPSA) is 51.0 Å². The average molecular weight is 325 g/mol. The molecule has 1 N–H and O–H groups in total.